The minimum Gasteiger partial charge on any atom is -0.494 e. The van der Waals surface area contributed by atoms with E-state index in [1.165, 1.54) is 0 Å². The van der Waals surface area contributed by atoms with Crippen LogP contribution in [0.5, 0.6) is 5.75 Å². The zero-order valence-corrected chi connectivity index (χ0v) is 10.1. The standard InChI is InChI=1S/C14H18O2/c1-4-10-16-13-7-5-6-12(11-13)8-9-14(2,3)15/h5-7,11,15H,4,10H2,1-3H3. The minimum atomic E-state index is -0.958. The maximum absolute atomic E-state index is 9.48. The summed E-state index contributed by atoms with van der Waals surface area (Å²) in [5.41, 5.74) is -0.101. The third-order valence-electron chi connectivity index (χ3n) is 1.82. The molecular formula is C14H18O2. The first kappa shape index (κ1) is 12.6. The molecule has 0 bridgehead atoms. The van der Waals surface area contributed by atoms with Crippen LogP contribution in [0, 0.1) is 11.8 Å². The largest absolute Gasteiger partial charge is 0.494 e. The highest BCUT2D eigenvalue weighted by atomic mass is 16.5. The molecule has 0 radical (unpaired) electrons. The summed E-state index contributed by atoms with van der Waals surface area (Å²) >= 11 is 0. The van der Waals surface area contributed by atoms with Crippen LogP contribution < -0.4 is 4.74 Å². The second-order valence-corrected chi connectivity index (χ2v) is 4.19. The molecule has 2 heteroatoms. The Bertz CT molecular complexity index is 391. The lowest BCUT2D eigenvalue weighted by Gasteiger charge is -2.06. The van der Waals surface area contributed by atoms with Crippen molar-refractivity contribution in [1.82, 2.24) is 0 Å². The number of benzene rings is 1. The molecule has 1 aromatic rings. The topological polar surface area (TPSA) is 29.5 Å². The van der Waals surface area contributed by atoms with Crippen molar-refractivity contribution in [1.29, 1.82) is 0 Å². The Morgan fingerprint density at radius 3 is 2.75 bits per heavy atom. The van der Waals surface area contributed by atoms with Crippen LogP contribution in [0.3, 0.4) is 0 Å². The molecule has 16 heavy (non-hydrogen) atoms. The molecule has 0 aromatic heterocycles. The molecule has 0 aliphatic carbocycles. The van der Waals surface area contributed by atoms with E-state index >= 15 is 0 Å². The van der Waals surface area contributed by atoms with Gasteiger partial charge in [-0.25, -0.2) is 0 Å². The fraction of sp³-hybridized carbons (Fsp3) is 0.429. The van der Waals surface area contributed by atoms with Gasteiger partial charge in [0.05, 0.1) is 6.61 Å². The molecule has 1 aromatic carbocycles. The van der Waals surface area contributed by atoms with E-state index in [-0.39, 0.29) is 0 Å². The number of aliphatic hydroxyl groups is 1. The van der Waals surface area contributed by atoms with Crippen LogP contribution in [0.15, 0.2) is 24.3 Å². The van der Waals surface area contributed by atoms with Crippen molar-refractivity contribution in [2.24, 2.45) is 0 Å². The number of hydrogen-bond donors (Lipinski definition) is 1. The van der Waals surface area contributed by atoms with Gasteiger partial charge in [0.25, 0.3) is 0 Å². The van der Waals surface area contributed by atoms with Gasteiger partial charge in [0.15, 0.2) is 0 Å². The molecule has 1 rings (SSSR count). The molecule has 86 valence electrons. The van der Waals surface area contributed by atoms with Gasteiger partial charge in [-0.3, -0.25) is 0 Å². The van der Waals surface area contributed by atoms with Crippen LogP contribution in [-0.2, 0) is 0 Å². The second kappa shape index (κ2) is 5.58. The van der Waals surface area contributed by atoms with Crippen molar-refractivity contribution in [2.45, 2.75) is 32.8 Å². The zero-order valence-electron chi connectivity index (χ0n) is 10.1. The second-order valence-electron chi connectivity index (χ2n) is 4.19. The molecule has 0 amide bonds. The maximum atomic E-state index is 9.48. The van der Waals surface area contributed by atoms with Crippen molar-refractivity contribution in [3.63, 3.8) is 0 Å². The predicted molar refractivity (Wildman–Crippen MR) is 65.4 cm³/mol. The van der Waals surface area contributed by atoms with E-state index in [4.69, 9.17) is 4.74 Å². The summed E-state index contributed by atoms with van der Waals surface area (Å²) in [5, 5.41) is 9.48. The van der Waals surface area contributed by atoms with Crippen LogP contribution in [0.2, 0.25) is 0 Å². The lowest BCUT2D eigenvalue weighted by molar-refractivity contribution is 0.143. The Morgan fingerprint density at radius 2 is 2.12 bits per heavy atom. The highest BCUT2D eigenvalue weighted by Crippen LogP contribution is 2.13. The van der Waals surface area contributed by atoms with E-state index in [9.17, 15) is 5.11 Å². The van der Waals surface area contributed by atoms with Gasteiger partial charge in [-0.15, -0.1) is 0 Å². The summed E-state index contributed by atoms with van der Waals surface area (Å²) in [6, 6.07) is 7.59. The number of ether oxygens (including phenoxy) is 1. The van der Waals surface area contributed by atoms with Crippen molar-refractivity contribution in [3.05, 3.63) is 29.8 Å². The molecule has 0 unspecified atom stereocenters. The lowest BCUT2D eigenvalue weighted by Crippen LogP contribution is -2.14. The van der Waals surface area contributed by atoms with Gasteiger partial charge in [0, 0.05) is 5.56 Å². The highest BCUT2D eigenvalue weighted by Gasteiger charge is 2.05. The Morgan fingerprint density at radius 1 is 1.38 bits per heavy atom. The quantitative estimate of drug-likeness (QED) is 0.790. The molecule has 0 aliphatic heterocycles. The monoisotopic (exact) mass is 218 g/mol. The number of rotatable bonds is 3. The first-order valence-electron chi connectivity index (χ1n) is 5.49. The first-order chi connectivity index (χ1) is 7.51. The summed E-state index contributed by atoms with van der Waals surface area (Å²) in [5.74, 6) is 6.52. The highest BCUT2D eigenvalue weighted by molar-refractivity contribution is 5.40. The molecule has 2 nitrogen and oxygen atoms in total. The third kappa shape index (κ3) is 4.86. The van der Waals surface area contributed by atoms with Gasteiger partial charge in [-0.2, -0.15) is 0 Å². The van der Waals surface area contributed by atoms with Crippen molar-refractivity contribution < 1.29 is 9.84 Å². The molecule has 1 N–H and O–H groups in total. The van der Waals surface area contributed by atoms with E-state index in [1.807, 2.05) is 24.3 Å². The lowest BCUT2D eigenvalue weighted by atomic mass is 10.1. The van der Waals surface area contributed by atoms with Crippen LogP contribution in [0.1, 0.15) is 32.8 Å². The fourth-order valence-corrected chi connectivity index (χ4v) is 1.11. The van der Waals surface area contributed by atoms with Crippen molar-refractivity contribution >= 4 is 0 Å². The molecule has 0 saturated heterocycles. The minimum absolute atomic E-state index is 0.711. The predicted octanol–water partition coefficient (Wildman–Crippen LogP) is 2.60. The maximum Gasteiger partial charge on any atom is 0.120 e. The molecule has 0 heterocycles. The van der Waals surface area contributed by atoms with Crippen molar-refractivity contribution in [2.75, 3.05) is 6.61 Å². The molecule has 0 atom stereocenters. The molecule has 0 spiro atoms. The van der Waals surface area contributed by atoms with Gasteiger partial charge in [-0.1, -0.05) is 24.8 Å². The zero-order chi connectivity index (χ0) is 12.0. The smallest absolute Gasteiger partial charge is 0.120 e. The Kier molecular flexibility index (Phi) is 4.39. The first-order valence-corrected chi connectivity index (χ1v) is 5.49. The van der Waals surface area contributed by atoms with Crippen molar-refractivity contribution in [3.8, 4) is 17.6 Å². The summed E-state index contributed by atoms with van der Waals surface area (Å²) in [6.07, 6.45) is 0.986. The van der Waals surface area contributed by atoms with Crippen LogP contribution in [0.25, 0.3) is 0 Å². The Hall–Kier alpha value is -1.46. The van der Waals surface area contributed by atoms with E-state index in [1.54, 1.807) is 13.8 Å². The van der Waals surface area contributed by atoms with Gasteiger partial charge in [0.1, 0.15) is 11.4 Å². The normalized spacial score (nSPS) is 10.5. The Balaban J connectivity index is 2.77. The van der Waals surface area contributed by atoms with Gasteiger partial charge < -0.3 is 9.84 Å². The summed E-state index contributed by atoms with van der Waals surface area (Å²) in [7, 11) is 0. The average Bonchev–Trinajstić information content (AvgIpc) is 2.23. The fourth-order valence-electron chi connectivity index (χ4n) is 1.11. The van der Waals surface area contributed by atoms with E-state index in [0.717, 1.165) is 17.7 Å². The van der Waals surface area contributed by atoms with Crippen LogP contribution in [0.4, 0.5) is 0 Å². The summed E-state index contributed by atoms with van der Waals surface area (Å²) in [6.45, 7) is 6.11. The summed E-state index contributed by atoms with van der Waals surface area (Å²) < 4.78 is 5.50. The van der Waals surface area contributed by atoms with E-state index in [2.05, 4.69) is 18.8 Å². The van der Waals surface area contributed by atoms with Gasteiger partial charge in [0.2, 0.25) is 0 Å². The van der Waals surface area contributed by atoms with Gasteiger partial charge >= 0.3 is 0 Å². The molecular weight excluding hydrogens is 200 g/mol. The van der Waals surface area contributed by atoms with Gasteiger partial charge in [-0.05, 0) is 38.5 Å². The average molecular weight is 218 g/mol. The van der Waals surface area contributed by atoms with Crippen LogP contribution in [-0.4, -0.2) is 17.3 Å². The SMILES string of the molecule is CCCOc1cccc(C#CC(C)(C)O)c1. The molecule has 0 fully saturated rings. The number of hydrogen-bond acceptors (Lipinski definition) is 2. The summed E-state index contributed by atoms with van der Waals surface area (Å²) in [4.78, 5) is 0. The molecule has 0 saturated carbocycles. The van der Waals surface area contributed by atoms with E-state index < -0.39 is 5.60 Å². The van der Waals surface area contributed by atoms with E-state index in [0.29, 0.717) is 6.61 Å². The molecule has 0 aliphatic rings. The third-order valence-corrected chi connectivity index (χ3v) is 1.82. The Labute approximate surface area is 97.3 Å². The van der Waals surface area contributed by atoms with Crippen LogP contribution >= 0.6 is 0 Å².